The fourth-order valence-electron chi connectivity index (χ4n) is 1.46. The monoisotopic (exact) mass is 269 g/mol. The molecule has 0 aromatic carbocycles. The summed E-state index contributed by atoms with van der Waals surface area (Å²) >= 11 is 0. The van der Waals surface area contributed by atoms with E-state index >= 15 is 0 Å². The molecule has 0 saturated heterocycles. The van der Waals surface area contributed by atoms with Gasteiger partial charge < -0.3 is 10.4 Å². The number of nitrogens with one attached hydrogen (secondary N) is 2. The number of hydrogen-bond donors (Lipinski definition) is 3. The summed E-state index contributed by atoms with van der Waals surface area (Å²) in [6.45, 7) is 2.86. The molecule has 1 aromatic rings. The van der Waals surface area contributed by atoms with E-state index in [1.165, 1.54) is 0 Å². The SMILES string of the molecule is CC(C)[C@@H](NC(=O)Cn1[nH]c(=O)ccc1=O)C(=O)O. The summed E-state index contributed by atoms with van der Waals surface area (Å²) in [4.78, 5) is 44.9. The lowest BCUT2D eigenvalue weighted by Gasteiger charge is -2.17. The number of carboxylic acids is 1. The first kappa shape index (κ1) is 14.7. The molecule has 1 aromatic heterocycles. The Bertz CT molecular complexity index is 586. The zero-order chi connectivity index (χ0) is 14.6. The highest BCUT2D eigenvalue weighted by atomic mass is 16.4. The maximum absolute atomic E-state index is 11.6. The highest BCUT2D eigenvalue weighted by Gasteiger charge is 2.23. The van der Waals surface area contributed by atoms with Crippen LogP contribution in [0, 0.1) is 5.92 Å². The number of H-pyrrole nitrogens is 1. The molecular formula is C11H15N3O5. The van der Waals surface area contributed by atoms with Gasteiger partial charge in [0.1, 0.15) is 12.6 Å². The predicted molar refractivity (Wildman–Crippen MR) is 65.7 cm³/mol. The number of nitrogens with zero attached hydrogens (tertiary/aromatic N) is 1. The van der Waals surface area contributed by atoms with Gasteiger partial charge in [0.25, 0.3) is 11.1 Å². The van der Waals surface area contributed by atoms with Gasteiger partial charge in [0.2, 0.25) is 5.91 Å². The number of carboxylic acid groups (broad SMARTS) is 1. The van der Waals surface area contributed by atoms with E-state index in [4.69, 9.17) is 5.11 Å². The van der Waals surface area contributed by atoms with Crippen molar-refractivity contribution in [1.82, 2.24) is 15.1 Å². The number of carbonyl (C=O) groups excluding carboxylic acids is 1. The zero-order valence-electron chi connectivity index (χ0n) is 10.5. The van der Waals surface area contributed by atoms with Crippen molar-refractivity contribution in [3.05, 3.63) is 32.8 Å². The molecule has 1 rings (SSSR count). The Hall–Kier alpha value is -2.38. The first-order chi connectivity index (χ1) is 8.81. The molecule has 0 aliphatic heterocycles. The van der Waals surface area contributed by atoms with Crippen LogP contribution < -0.4 is 16.4 Å². The third-order valence-electron chi connectivity index (χ3n) is 2.44. The van der Waals surface area contributed by atoms with Gasteiger partial charge in [-0.25, -0.2) is 9.48 Å². The normalized spacial score (nSPS) is 12.2. The van der Waals surface area contributed by atoms with Crippen molar-refractivity contribution in [2.75, 3.05) is 0 Å². The van der Waals surface area contributed by atoms with E-state index in [1.54, 1.807) is 13.8 Å². The highest BCUT2D eigenvalue weighted by Crippen LogP contribution is 2.01. The summed E-state index contributed by atoms with van der Waals surface area (Å²) in [6.07, 6.45) is 0. The lowest BCUT2D eigenvalue weighted by atomic mass is 10.1. The number of aromatic amines is 1. The molecule has 1 heterocycles. The third-order valence-corrected chi connectivity index (χ3v) is 2.44. The van der Waals surface area contributed by atoms with Crippen LogP contribution in [0.4, 0.5) is 0 Å². The fourth-order valence-corrected chi connectivity index (χ4v) is 1.46. The summed E-state index contributed by atoms with van der Waals surface area (Å²) in [5.74, 6) is -2.12. The van der Waals surface area contributed by atoms with Gasteiger partial charge >= 0.3 is 5.97 Å². The van der Waals surface area contributed by atoms with Crippen molar-refractivity contribution >= 4 is 11.9 Å². The minimum atomic E-state index is -1.16. The molecule has 0 saturated carbocycles. The van der Waals surface area contributed by atoms with Crippen LogP contribution in [0.1, 0.15) is 13.8 Å². The smallest absolute Gasteiger partial charge is 0.326 e. The average Bonchev–Trinajstić information content (AvgIpc) is 2.30. The first-order valence-electron chi connectivity index (χ1n) is 5.63. The van der Waals surface area contributed by atoms with Crippen molar-refractivity contribution in [1.29, 1.82) is 0 Å². The van der Waals surface area contributed by atoms with Crippen LogP contribution >= 0.6 is 0 Å². The molecule has 8 nitrogen and oxygen atoms in total. The van der Waals surface area contributed by atoms with Gasteiger partial charge in [-0.05, 0) is 5.92 Å². The number of carbonyl (C=O) groups is 2. The van der Waals surface area contributed by atoms with E-state index in [-0.39, 0.29) is 5.92 Å². The molecule has 0 aliphatic rings. The van der Waals surface area contributed by atoms with E-state index in [0.717, 1.165) is 16.8 Å². The second-order valence-corrected chi connectivity index (χ2v) is 4.36. The quantitative estimate of drug-likeness (QED) is 0.617. The molecule has 3 N–H and O–H groups in total. The molecule has 0 aliphatic carbocycles. The number of rotatable bonds is 5. The van der Waals surface area contributed by atoms with Gasteiger partial charge in [0, 0.05) is 12.1 Å². The molecule has 0 fully saturated rings. The molecule has 1 amide bonds. The lowest BCUT2D eigenvalue weighted by molar-refractivity contribution is -0.143. The Kier molecular flexibility index (Phi) is 4.62. The minimum Gasteiger partial charge on any atom is -0.480 e. The molecule has 0 spiro atoms. The van der Waals surface area contributed by atoms with Crippen molar-refractivity contribution in [3.8, 4) is 0 Å². The predicted octanol–water partition coefficient (Wildman–Crippen LogP) is -1.24. The Morgan fingerprint density at radius 2 is 2.00 bits per heavy atom. The molecule has 104 valence electrons. The third kappa shape index (κ3) is 4.09. The molecule has 1 atom stereocenters. The van der Waals surface area contributed by atoms with E-state index in [0.29, 0.717) is 0 Å². The van der Waals surface area contributed by atoms with Crippen molar-refractivity contribution in [2.24, 2.45) is 5.92 Å². The topological polar surface area (TPSA) is 121 Å². The molecule has 19 heavy (non-hydrogen) atoms. The highest BCUT2D eigenvalue weighted by molar-refractivity contribution is 5.83. The zero-order valence-corrected chi connectivity index (χ0v) is 10.5. The second kappa shape index (κ2) is 5.98. The van der Waals surface area contributed by atoms with Crippen LogP contribution in [0.15, 0.2) is 21.7 Å². The van der Waals surface area contributed by atoms with Crippen LogP contribution in [0.5, 0.6) is 0 Å². The number of hydrogen-bond acceptors (Lipinski definition) is 4. The molecule has 0 unspecified atom stereocenters. The van der Waals surface area contributed by atoms with Gasteiger partial charge in [-0.1, -0.05) is 13.8 Å². The number of aromatic nitrogens is 2. The molecule has 0 bridgehead atoms. The second-order valence-electron chi connectivity index (χ2n) is 4.36. The van der Waals surface area contributed by atoms with Gasteiger partial charge in [-0.2, -0.15) is 0 Å². The minimum absolute atomic E-state index is 0.298. The van der Waals surface area contributed by atoms with E-state index in [1.807, 2.05) is 0 Å². The van der Waals surface area contributed by atoms with Crippen LogP contribution in [0.2, 0.25) is 0 Å². The Balaban J connectivity index is 2.80. The molecule has 8 heteroatoms. The Morgan fingerprint density at radius 1 is 1.37 bits per heavy atom. The molecule has 0 radical (unpaired) electrons. The van der Waals surface area contributed by atoms with E-state index in [2.05, 4.69) is 10.4 Å². The number of amides is 1. The molecular weight excluding hydrogens is 254 g/mol. The maximum Gasteiger partial charge on any atom is 0.326 e. The standard InChI is InChI=1S/C11H15N3O5/c1-6(2)10(11(18)19)12-8(16)5-14-9(17)4-3-7(15)13-14/h3-4,6,10H,5H2,1-2H3,(H,12,16)(H,13,15)(H,18,19)/t10-/m1/s1. The fraction of sp³-hybridized carbons (Fsp3) is 0.455. The van der Waals surface area contributed by atoms with Gasteiger partial charge in [-0.3, -0.25) is 19.5 Å². The van der Waals surface area contributed by atoms with Gasteiger partial charge in [-0.15, -0.1) is 0 Å². The van der Waals surface area contributed by atoms with Crippen molar-refractivity contribution in [2.45, 2.75) is 26.4 Å². The van der Waals surface area contributed by atoms with Crippen LogP contribution in [0.3, 0.4) is 0 Å². The lowest BCUT2D eigenvalue weighted by Crippen LogP contribution is -2.46. The largest absolute Gasteiger partial charge is 0.480 e. The summed E-state index contributed by atoms with van der Waals surface area (Å²) in [5.41, 5.74) is -1.07. The summed E-state index contributed by atoms with van der Waals surface area (Å²) in [6, 6.07) is 1.03. The summed E-state index contributed by atoms with van der Waals surface area (Å²) in [7, 11) is 0. The average molecular weight is 269 g/mol. The maximum atomic E-state index is 11.6. The van der Waals surface area contributed by atoms with Crippen molar-refractivity contribution < 1.29 is 14.7 Å². The number of aliphatic carboxylic acids is 1. The van der Waals surface area contributed by atoms with Crippen LogP contribution in [-0.2, 0) is 16.1 Å². The van der Waals surface area contributed by atoms with Gasteiger partial charge in [0.05, 0.1) is 0 Å². The first-order valence-corrected chi connectivity index (χ1v) is 5.63. The van der Waals surface area contributed by atoms with E-state index < -0.39 is 35.6 Å². The Morgan fingerprint density at radius 3 is 2.53 bits per heavy atom. The van der Waals surface area contributed by atoms with Crippen LogP contribution in [-0.4, -0.2) is 32.8 Å². The Labute approximate surface area is 108 Å². The summed E-state index contributed by atoms with van der Waals surface area (Å²) in [5, 5.41) is 13.4. The van der Waals surface area contributed by atoms with Crippen molar-refractivity contribution in [3.63, 3.8) is 0 Å². The van der Waals surface area contributed by atoms with Gasteiger partial charge in [0.15, 0.2) is 0 Å². The van der Waals surface area contributed by atoms with Crippen LogP contribution in [0.25, 0.3) is 0 Å². The van der Waals surface area contributed by atoms with E-state index in [9.17, 15) is 19.2 Å². The summed E-state index contributed by atoms with van der Waals surface area (Å²) < 4.78 is 0.816.